The van der Waals surface area contributed by atoms with Crippen molar-refractivity contribution in [3.05, 3.63) is 46.5 Å². The van der Waals surface area contributed by atoms with Gasteiger partial charge in [0.2, 0.25) is 0 Å². The van der Waals surface area contributed by atoms with Crippen molar-refractivity contribution < 1.29 is 4.39 Å². The Balaban J connectivity index is 1.95. The second-order valence-electron chi connectivity index (χ2n) is 5.50. The number of benzene rings is 1. The maximum absolute atomic E-state index is 13.9. The predicted molar refractivity (Wildman–Crippen MR) is 78.4 cm³/mol. The van der Waals surface area contributed by atoms with Crippen LogP contribution in [0.15, 0.2) is 18.3 Å². The third-order valence-corrected chi connectivity index (χ3v) is 4.18. The van der Waals surface area contributed by atoms with Gasteiger partial charge in [0.25, 0.3) is 0 Å². The van der Waals surface area contributed by atoms with E-state index in [4.69, 9.17) is 5.26 Å². The molecule has 21 heavy (non-hydrogen) atoms. The van der Waals surface area contributed by atoms with Crippen molar-refractivity contribution >= 4 is 5.69 Å². The monoisotopic (exact) mass is 284 g/mol. The van der Waals surface area contributed by atoms with Crippen LogP contribution >= 0.6 is 0 Å². The molecule has 4 nitrogen and oxygen atoms in total. The molecule has 1 aliphatic carbocycles. The van der Waals surface area contributed by atoms with E-state index in [1.165, 1.54) is 17.3 Å². The molecule has 5 heteroatoms. The van der Waals surface area contributed by atoms with E-state index in [0.29, 0.717) is 16.8 Å². The van der Waals surface area contributed by atoms with Crippen molar-refractivity contribution in [3.8, 4) is 6.07 Å². The molecule has 1 atom stereocenters. The molecule has 1 heterocycles. The topological polar surface area (TPSA) is 53.6 Å². The first kappa shape index (κ1) is 13.6. The van der Waals surface area contributed by atoms with Crippen LogP contribution in [-0.2, 0) is 13.5 Å². The summed E-state index contributed by atoms with van der Waals surface area (Å²) < 4.78 is 15.8. The average Bonchev–Trinajstić information content (AvgIpc) is 2.86. The first-order valence-corrected chi connectivity index (χ1v) is 7.07. The first-order valence-electron chi connectivity index (χ1n) is 7.07. The van der Waals surface area contributed by atoms with E-state index in [-0.39, 0.29) is 11.9 Å². The zero-order valence-electron chi connectivity index (χ0n) is 12.2. The fourth-order valence-corrected chi connectivity index (χ4v) is 2.94. The van der Waals surface area contributed by atoms with Gasteiger partial charge < -0.3 is 5.32 Å². The maximum Gasteiger partial charge on any atom is 0.129 e. The van der Waals surface area contributed by atoms with Gasteiger partial charge in [-0.15, -0.1) is 0 Å². The first-order chi connectivity index (χ1) is 10.1. The predicted octanol–water partition coefficient (Wildman–Crippen LogP) is 3.23. The van der Waals surface area contributed by atoms with Crippen LogP contribution in [0.1, 0.15) is 41.3 Å². The molecule has 0 saturated carbocycles. The van der Waals surface area contributed by atoms with E-state index in [1.807, 2.05) is 24.0 Å². The third-order valence-electron chi connectivity index (χ3n) is 4.18. The third kappa shape index (κ3) is 2.38. The van der Waals surface area contributed by atoms with Crippen LogP contribution in [0, 0.1) is 24.1 Å². The maximum atomic E-state index is 13.9. The second kappa shape index (κ2) is 5.21. The molecule has 108 valence electrons. The van der Waals surface area contributed by atoms with Crippen LogP contribution in [0.5, 0.6) is 0 Å². The lowest BCUT2D eigenvalue weighted by molar-refractivity contribution is 0.569. The smallest absolute Gasteiger partial charge is 0.129 e. The highest BCUT2D eigenvalue weighted by Gasteiger charge is 2.24. The lowest BCUT2D eigenvalue weighted by Crippen LogP contribution is -2.18. The van der Waals surface area contributed by atoms with Gasteiger partial charge in [0.05, 0.1) is 23.9 Å². The van der Waals surface area contributed by atoms with Gasteiger partial charge in [-0.3, -0.25) is 4.68 Å². The highest BCUT2D eigenvalue weighted by Crippen LogP contribution is 2.33. The normalized spacial score (nSPS) is 17.1. The largest absolute Gasteiger partial charge is 0.378 e. The van der Waals surface area contributed by atoms with Gasteiger partial charge in [-0.25, -0.2) is 4.39 Å². The van der Waals surface area contributed by atoms with Crippen molar-refractivity contribution in [2.45, 2.75) is 32.2 Å². The summed E-state index contributed by atoms with van der Waals surface area (Å²) in [6.45, 7) is 1.73. The van der Waals surface area contributed by atoms with Gasteiger partial charge in [0.1, 0.15) is 5.82 Å². The summed E-state index contributed by atoms with van der Waals surface area (Å²) in [5.41, 5.74) is 3.97. The number of anilines is 1. The summed E-state index contributed by atoms with van der Waals surface area (Å²) in [6, 6.07) is 5.11. The van der Waals surface area contributed by atoms with E-state index >= 15 is 0 Å². The molecule has 0 saturated heterocycles. The number of aromatic nitrogens is 2. The lowest BCUT2D eigenvalue weighted by Gasteiger charge is -2.25. The molecule has 3 rings (SSSR count). The Hall–Kier alpha value is -2.35. The van der Waals surface area contributed by atoms with E-state index in [2.05, 4.69) is 10.4 Å². The molecule has 0 amide bonds. The fourth-order valence-electron chi connectivity index (χ4n) is 2.94. The van der Waals surface area contributed by atoms with E-state index in [9.17, 15) is 4.39 Å². The van der Waals surface area contributed by atoms with Crippen LogP contribution in [0.2, 0.25) is 0 Å². The van der Waals surface area contributed by atoms with Gasteiger partial charge in [0.15, 0.2) is 0 Å². The quantitative estimate of drug-likeness (QED) is 0.921. The minimum absolute atomic E-state index is 0.120. The van der Waals surface area contributed by atoms with Crippen LogP contribution in [0.4, 0.5) is 10.1 Å². The number of fused-ring (bicyclic) bond motifs is 1. The molecule has 0 radical (unpaired) electrons. The fraction of sp³-hybridized carbons (Fsp3) is 0.375. The molecule has 1 aromatic carbocycles. The number of nitriles is 1. The molecule has 2 aromatic rings. The van der Waals surface area contributed by atoms with Gasteiger partial charge in [-0.05, 0) is 38.3 Å². The summed E-state index contributed by atoms with van der Waals surface area (Å²) in [5, 5.41) is 16.7. The van der Waals surface area contributed by atoms with E-state index in [1.54, 1.807) is 13.0 Å². The Morgan fingerprint density at radius 2 is 2.29 bits per heavy atom. The van der Waals surface area contributed by atoms with Crippen molar-refractivity contribution in [2.75, 3.05) is 5.32 Å². The zero-order valence-corrected chi connectivity index (χ0v) is 12.2. The highest BCUT2D eigenvalue weighted by molar-refractivity contribution is 5.57. The van der Waals surface area contributed by atoms with Crippen molar-refractivity contribution in [1.82, 2.24) is 9.78 Å². The Morgan fingerprint density at radius 1 is 1.48 bits per heavy atom. The molecular weight excluding hydrogens is 267 g/mol. The van der Waals surface area contributed by atoms with E-state index < -0.39 is 0 Å². The highest BCUT2D eigenvalue weighted by atomic mass is 19.1. The standard InChI is InChI=1S/C16H17FN4/c1-10-13(17)6-11(8-18)7-15(10)20-14-4-3-5-16-12(14)9-19-21(16)2/h6-7,9,14,20H,3-5H2,1-2H3. The minimum Gasteiger partial charge on any atom is -0.378 e. The number of aryl methyl sites for hydroxylation is 1. The number of nitrogens with zero attached hydrogens (tertiary/aromatic N) is 3. The average molecular weight is 284 g/mol. The number of nitrogens with one attached hydrogen (secondary N) is 1. The summed E-state index contributed by atoms with van der Waals surface area (Å²) in [6.07, 6.45) is 4.96. The molecule has 0 spiro atoms. The molecule has 0 bridgehead atoms. The molecule has 0 fully saturated rings. The van der Waals surface area contributed by atoms with Gasteiger partial charge in [-0.2, -0.15) is 10.4 Å². The molecule has 0 aliphatic heterocycles. The number of hydrogen-bond acceptors (Lipinski definition) is 3. The number of halogens is 1. The van der Waals surface area contributed by atoms with Crippen molar-refractivity contribution in [1.29, 1.82) is 5.26 Å². The SMILES string of the molecule is Cc1c(F)cc(C#N)cc1NC1CCCc2c1cnn2C. The second-order valence-corrected chi connectivity index (χ2v) is 5.50. The summed E-state index contributed by atoms with van der Waals surface area (Å²) in [4.78, 5) is 0. The molecule has 1 aromatic heterocycles. The Morgan fingerprint density at radius 3 is 3.05 bits per heavy atom. The number of hydrogen-bond donors (Lipinski definition) is 1. The summed E-state index contributed by atoms with van der Waals surface area (Å²) in [5.74, 6) is -0.348. The van der Waals surface area contributed by atoms with Crippen LogP contribution in [-0.4, -0.2) is 9.78 Å². The Bertz CT molecular complexity index is 727. The molecule has 1 aliphatic rings. The lowest BCUT2D eigenvalue weighted by atomic mass is 9.92. The van der Waals surface area contributed by atoms with Gasteiger partial charge in [0, 0.05) is 29.6 Å². The van der Waals surface area contributed by atoms with Gasteiger partial charge >= 0.3 is 0 Å². The summed E-state index contributed by atoms with van der Waals surface area (Å²) in [7, 11) is 1.95. The van der Waals surface area contributed by atoms with Crippen LogP contribution in [0.3, 0.4) is 0 Å². The minimum atomic E-state index is -0.348. The Kier molecular flexibility index (Phi) is 3.38. The van der Waals surface area contributed by atoms with Crippen LogP contribution < -0.4 is 5.32 Å². The van der Waals surface area contributed by atoms with Crippen molar-refractivity contribution in [3.63, 3.8) is 0 Å². The van der Waals surface area contributed by atoms with Crippen LogP contribution in [0.25, 0.3) is 0 Å². The van der Waals surface area contributed by atoms with Crippen molar-refractivity contribution in [2.24, 2.45) is 7.05 Å². The summed E-state index contributed by atoms with van der Waals surface area (Å²) >= 11 is 0. The Labute approximate surface area is 123 Å². The van der Waals surface area contributed by atoms with Gasteiger partial charge in [-0.1, -0.05) is 0 Å². The van der Waals surface area contributed by atoms with E-state index in [0.717, 1.165) is 19.3 Å². The molecule has 1 unspecified atom stereocenters. The zero-order chi connectivity index (χ0) is 15.0. The molecular formula is C16H17FN4. The number of rotatable bonds is 2. The molecule has 1 N–H and O–H groups in total.